The highest BCUT2D eigenvalue weighted by Gasteiger charge is 2.48. The van der Waals surface area contributed by atoms with Crippen molar-refractivity contribution in [3.8, 4) is 0 Å². The number of H-pyrrole nitrogens is 1. The summed E-state index contributed by atoms with van der Waals surface area (Å²) in [4.78, 5) is 19.9. The van der Waals surface area contributed by atoms with E-state index in [0.717, 1.165) is 5.56 Å². The van der Waals surface area contributed by atoms with Gasteiger partial charge in [-0.05, 0) is 30.5 Å². The lowest BCUT2D eigenvalue weighted by Crippen LogP contribution is -2.47. The molecule has 0 radical (unpaired) electrons. The van der Waals surface area contributed by atoms with Crippen molar-refractivity contribution in [2.45, 2.75) is 24.4 Å². The van der Waals surface area contributed by atoms with Crippen molar-refractivity contribution in [1.82, 2.24) is 9.97 Å². The number of para-hydroxylation sites is 1. The smallest absolute Gasteiger partial charge is 0.258 e. The van der Waals surface area contributed by atoms with Crippen LogP contribution in [0.4, 0.5) is 0 Å². The minimum atomic E-state index is -0.399. The standard InChI is InChI=1S/C18H16N2O2/c21-13-10-18(11-13,12-6-2-1-3-7-12)17-19-15-9-5-4-8-14(15)16(22)20-17/h1-9,13,21H,10-11H2,(H,19,20,22). The fourth-order valence-electron chi connectivity index (χ4n) is 3.38. The molecule has 0 atom stereocenters. The van der Waals surface area contributed by atoms with Crippen LogP contribution < -0.4 is 5.56 Å². The average Bonchev–Trinajstić information content (AvgIpc) is 2.52. The molecule has 1 heterocycles. The molecule has 4 rings (SSSR count). The predicted octanol–water partition coefficient (Wildman–Crippen LogP) is 2.36. The van der Waals surface area contributed by atoms with E-state index in [1.807, 2.05) is 48.5 Å². The first-order valence-corrected chi connectivity index (χ1v) is 7.42. The molecular formula is C18H16N2O2. The predicted molar refractivity (Wildman–Crippen MR) is 84.8 cm³/mol. The van der Waals surface area contributed by atoms with Gasteiger partial charge in [0.2, 0.25) is 0 Å². The van der Waals surface area contributed by atoms with Crippen LogP contribution in [0.2, 0.25) is 0 Å². The maximum absolute atomic E-state index is 12.3. The molecule has 4 heteroatoms. The van der Waals surface area contributed by atoms with E-state index in [-0.39, 0.29) is 11.7 Å². The van der Waals surface area contributed by atoms with Gasteiger partial charge in [-0.3, -0.25) is 4.79 Å². The first kappa shape index (κ1) is 13.2. The van der Waals surface area contributed by atoms with E-state index in [9.17, 15) is 9.90 Å². The Balaban J connectivity index is 1.93. The normalized spacial score (nSPS) is 24.1. The van der Waals surface area contributed by atoms with Crippen molar-refractivity contribution in [2.75, 3.05) is 0 Å². The van der Waals surface area contributed by atoms with Gasteiger partial charge >= 0.3 is 0 Å². The second-order valence-corrected chi connectivity index (χ2v) is 5.94. The summed E-state index contributed by atoms with van der Waals surface area (Å²) in [5, 5.41) is 10.5. The van der Waals surface area contributed by atoms with Crippen molar-refractivity contribution in [2.24, 2.45) is 0 Å². The molecule has 3 aromatic rings. The fraction of sp³-hybridized carbons (Fsp3) is 0.222. The van der Waals surface area contributed by atoms with E-state index in [1.54, 1.807) is 6.07 Å². The Kier molecular flexibility index (Phi) is 2.87. The van der Waals surface area contributed by atoms with Gasteiger partial charge in [-0.15, -0.1) is 0 Å². The van der Waals surface area contributed by atoms with E-state index >= 15 is 0 Å². The molecule has 1 aliphatic rings. The van der Waals surface area contributed by atoms with Crippen molar-refractivity contribution in [1.29, 1.82) is 0 Å². The minimum absolute atomic E-state index is 0.128. The average molecular weight is 292 g/mol. The van der Waals surface area contributed by atoms with Crippen molar-refractivity contribution in [3.63, 3.8) is 0 Å². The number of benzene rings is 2. The number of nitrogens with one attached hydrogen (secondary N) is 1. The van der Waals surface area contributed by atoms with Crippen LogP contribution in [0.25, 0.3) is 10.9 Å². The summed E-state index contributed by atoms with van der Waals surface area (Å²) in [6, 6.07) is 17.3. The van der Waals surface area contributed by atoms with Crippen molar-refractivity contribution < 1.29 is 5.11 Å². The molecular weight excluding hydrogens is 276 g/mol. The third-order valence-electron chi connectivity index (χ3n) is 4.56. The zero-order chi connectivity index (χ0) is 15.2. The van der Waals surface area contributed by atoms with Gasteiger partial charge in [0.25, 0.3) is 5.56 Å². The number of hydrogen-bond donors (Lipinski definition) is 2. The van der Waals surface area contributed by atoms with Crippen molar-refractivity contribution >= 4 is 10.9 Å². The monoisotopic (exact) mass is 292 g/mol. The molecule has 1 aliphatic carbocycles. The molecule has 0 amide bonds. The highest BCUT2D eigenvalue weighted by molar-refractivity contribution is 5.77. The maximum atomic E-state index is 12.3. The Bertz CT molecular complexity index is 880. The number of nitrogens with zero attached hydrogens (tertiary/aromatic N) is 1. The zero-order valence-corrected chi connectivity index (χ0v) is 12.0. The minimum Gasteiger partial charge on any atom is -0.393 e. The van der Waals surface area contributed by atoms with Gasteiger partial charge in [0.15, 0.2) is 0 Å². The SMILES string of the molecule is O=c1[nH]c(C2(c3ccccc3)CC(O)C2)nc2ccccc12. The molecule has 0 bridgehead atoms. The Morgan fingerprint density at radius 2 is 1.73 bits per heavy atom. The van der Waals surface area contributed by atoms with Crippen LogP contribution in [-0.2, 0) is 5.41 Å². The van der Waals surface area contributed by atoms with Crippen LogP contribution >= 0.6 is 0 Å². The maximum Gasteiger partial charge on any atom is 0.258 e. The molecule has 4 nitrogen and oxygen atoms in total. The Labute approximate surface area is 127 Å². The van der Waals surface area contributed by atoms with Crippen LogP contribution in [0.1, 0.15) is 24.2 Å². The molecule has 0 aliphatic heterocycles. The molecule has 1 fully saturated rings. The summed E-state index contributed by atoms with van der Waals surface area (Å²) in [6.07, 6.45) is 0.813. The Morgan fingerprint density at radius 3 is 2.45 bits per heavy atom. The second-order valence-electron chi connectivity index (χ2n) is 5.94. The number of aliphatic hydroxyl groups is 1. The zero-order valence-electron chi connectivity index (χ0n) is 12.0. The van der Waals surface area contributed by atoms with Gasteiger partial charge in [-0.1, -0.05) is 42.5 Å². The van der Waals surface area contributed by atoms with E-state index in [1.165, 1.54) is 0 Å². The third kappa shape index (κ3) is 1.88. The molecule has 0 saturated heterocycles. The van der Waals surface area contributed by atoms with Gasteiger partial charge in [-0.25, -0.2) is 4.98 Å². The lowest BCUT2D eigenvalue weighted by atomic mass is 9.62. The van der Waals surface area contributed by atoms with E-state index < -0.39 is 5.41 Å². The number of aliphatic hydroxyl groups excluding tert-OH is 1. The van der Waals surface area contributed by atoms with Gasteiger partial charge in [-0.2, -0.15) is 0 Å². The molecule has 1 aromatic heterocycles. The number of hydrogen-bond acceptors (Lipinski definition) is 3. The number of aromatic nitrogens is 2. The largest absolute Gasteiger partial charge is 0.393 e. The van der Waals surface area contributed by atoms with Crippen LogP contribution in [0.15, 0.2) is 59.4 Å². The Morgan fingerprint density at radius 1 is 1.05 bits per heavy atom. The van der Waals surface area contributed by atoms with Gasteiger partial charge in [0, 0.05) is 0 Å². The van der Waals surface area contributed by atoms with E-state index in [2.05, 4.69) is 9.97 Å². The van der Waals surface area contributed by atoms with Gasteiger partial charge in [0.1, 0.15) is 5.82 Å². The quantitative estimate of drug-likeness (QED) is 0.762. The second kappa shape index (κ2) is 4.78. The first-order valence-electron chi connectivity index (χ1n) is 7.42. The molecule has 22 heavy (non-hydrogen) atoms. The number of rotatable bonds is 2. The highest BCUT2D eigenvalue weighted by atomic mass is 16.3. The third-order valence-corrected chi connectivity index (χ3v) is 4.56. The molecule has 1 saturated carbocycles. The fourth-order valence-corrected chi connectivity index (χ4v) is 3.38. The Hall–Kier alpha value is -2.46. The van der Waals surface area contributed by atoms with Crippen LogP contribution in [0, 0.1) is 0 Å². The van der Waals surface area contributed by atoms with Gasteiger partial charge in [0.05, 0.1) is 22.4 Å². The first-order chi connectivity index (χ1) is 10.7. The molecule has 110 valence electrons. The molecule has 2 N–H and O–H groups in total. The van der Waals surface area contributed by atoms with Crippen LogP contribution in [-0.4, -0.2) is 21.2 Å². The van der Waals surface area contributed by atoms with E-state index in [4.69, 9.17) is 0 Å². The summed E-state index contributed by atoms with van der Waals surface area (Å²) in [7, 11) is 0. The van der Waals surface area contributed by atoms with Crippen LogP contribution in [0.3, 0.4) is 0 Å². The summed E-state index contributed by atoms with van der Waals surface area (Å²) in [6.45, 7) is 0. The number of aromatic amines is 1. The van der Waals surface area contributed by atoms with Crippen molar-refractivity contribution in [3.05, 3.63) is 76.3 Å². The summed E-state index contributed by atoms with van der Waals surface area (Å²) >= 11 is 0. The number of fused-ring (bicyclic) bond motifs is 1. The summed E-state index contributed by atoms with van der Waals surface area (Å²) in [5.41, 5.74) is 1.25. The molecule has 0 unspecified atom stereocenters. The highest BCUT2D eigenvalue weighted by Crippen LogP contribution is 2.47. The topological polar surface area (TPSA) is 66.0 Å². The summed E-state index contributed by atoms with van der Waals surface area (Å²) < 4.78 is 0. The molecule has 0 spiro atoms. The van der Waals surface area contributed by atoms with E-state index in [0.29, 0.717) is 29.6 Å². The lowest BCUT2D eigenvalue weighted by Gasteiger charge is -2.44. The summed E-state index contributed by atoms with van der Waals surface area (Å²) in [5.74, 6) is 0.646. The van der Waals surface area contributed by atoms with Gasteiger partial charge < -0.3 is 10.1 Å². The molecule has 2 aromatic carbocycles. The lowest BCUT2D eigenvalue weighted by molar-refractivity contribution is 0.0337. The van der Waals surface area contributed by atoms with Crippen LogP contribution in [0.5, 0.6) is 0 Å².